The summed E-state index contributed by atoms with van der Waals surface area (Å²) in [6.07, 6.45) is 1.61. The molecule has 6 heteroatoms. The third kappa shape index (κ3) is 2.70. The third-order valence-corrected chi connectivity index (χ3v) is 3.13. The molecule has 0 bridgehead atoms. The van der Waals surface area contributed by atoms with Gasteiger partial charge in [0.1, 0.15) is 5.76 Å². The van der Waals surface area contributed by atoms with Crippen molar-refractivity contribution in [3.05, 3.63) is 56.9 Å². The van der Waals surface area contributed by atoms with E-state index in [9.17, 15) is 10.1 Å². The average molecular weight is 311 g/mol. The minimum Gasteiger partial charge on any atom is -0.467 e. The highest BCUT2D eigenvalue weighted by Crippen LogP contribution is 2.29. The van der Waals surface area contributed by atoms with Gasteiger partial charge in [-0.15, -0.1) is 0 Å². The Labute approximate surface area is 112 Å². The molecule has 0 saturated heterocycles. The zero-order valence-corrected chi connectivity index (χ0v) is 11.2. The average Bonchev–Trinajstić information content (AvgIpc) is 2.81. The molecule has 1 heterocycles. The van der Waals surface area contributed by atoms with Gasteiger partial charge in [0, 0.05) is 11.8 Å². The van der Waals surface area contributed by atoms with Crippen molar-refractivity contribution in [3.63, 3.8) is 0 Å². The monoisotopic (exact) mass is 310 g/mol. The van der Waals surface area contributed by atoms with Crippen molar-refractivity contribution in [1.82, 2.24) is 0 Å². The summed E-state index contributed by atoms with van der Waals surface area (Å²) in [6.45, 7) is 1.95. The van der Waals surface area contributed by atoms with E-state index >= 15 is 0 Å². The van der Waals surface area contributed by atoms with Crippen LogP contribution >= 0.6 is 15.9 Å². The van der Waals surface area contributed by atoms with E-state index in [4.69, 9.17) is 4.42 Å². The van der Waals surface area contributed by atoms with E-state index < -0.39 is 4.92 Å². The minimum absolute atomic E-state index is 0.00615. The minimum atomic E-state index is -0.427. The fourth-order valence-electron chi connectivity index (χ4n) is 1.60. The number of nitrogens with zero attached hydrogens (tertiary/aromatic N) is 1. The third-order valence-electron chi connectivity index (χ3n) is 2.50. The molecule has 0 amide bonds. The highest BCUT2D eigenvalue weighted by Gasteiger charge is 2.13. The van der Waals surface area contributed by atoms with Gasteiger partial charge in [-0.2, -0.15) is 0 Å². The Bertz CT molecular complexity index is 554. The summed E-state index contributed by atoms with van der Waals surface area (Å²) in [5.74, 6) is 0.810. The lowest BCUT2D eigenvalue weighted by molar-refractivity contribution is -0.385. The Hall–Kier alpha value is -1.82. The number of nitro benzene ring substituents is 1. The molecule has 1 N–H and O–H groups in total. The van der Waals surface area contributed by atoms with E-state index in [0.29, 0.717) is 4.47 Å². The zero-order valence-electron chi connectivity index (χ0n) is 9.59. The van der Waals surface area contributed by atoms with Gasteiger partial charge in [0.25, 0.3) is 5.69 Å². The Morgan fingerprint density at radius 3 is 2.78 bits per heavy atom. The summed E-state index contributed by atoms with van der Waals surface area (Å²) in [6, 6.07) is 8.49. The van der Waals surface area contributed by atoms with Crippen LogP contribution in [0, 0.1) is 10.1 Å². The molecule has 1 unspecified atom stereocenters. The van der Waals surface area contributed by atoms with Crippen LogP contribution in [-0.4, -0.2) is 4.92 Å². The van der Waals surface area contributed by atoms with Gasteiger partial charge in [0.05, 0.1) is 21.7 Å². The van der Waals surface area contributed by atoms with E-state index in [1.807, 2.05) is 19.1 Å². The molecule has 1 aromatic carbocycles. The molecule has 0 aliphatic carbocycles. The normalized spacial score (nSPS) is 12.1. The molecule has 1 atom stereocenters. The maximum atomic E-state index is 10.7. The van der Waals surface area contributed by atoms with Crippen molar-refractivity contribution < 1.29 is 9.34 Å². The zero-order chi connectivity index (χ0) is 13.1. The van der Waals surface area contributed by atoms with Crippen molar-refractivity contribution >= 4 is 27.3 Å². The summed E-state index contributed by atoms with van der Waals surface area (Å²) in [5.41, 5.74) is 0.836. The number of nitrogens with one attached hydrogen (secondary N) is 1. The van der Waals surface area contributed by atoms with Crippen LogP contribution in [0.15, 0.2) is 45.5 Å². The standard InChI is InChI=1S/C12H11BrN2O3/c1-8(12-3-2-6-18-12)14-9-4-5-11(15(16)17)10(13)7-9/h2-8,14H,1H3. The number of benzene rings is 1. The van der Waals surface area contributed by atoms with Crippen LogP contribution in [0.5, 0.6) is 0 Å². The molecule has 0 radical (unpaired) electrons. The van der Waals surface area contributed by atoms with Gasteiger partial charge in [0.2, 0.25) is 0 Å². The summed E-state index contributed by atoms with van der Waals surface area (Å²) in [7, 11) is 0. The van der Waals surface area contributed by atoms with Crippen LogP contribution in [0.1, 0.15) is 18.7 Å². The predicted molar refractivity (Wildman–Crippen MR) is 71.5 cm³/mol. The van der Waals surface area contributed by atoms with E-state index in [0.717, 1.165) is 11.4 Å². The van der Waals surface area contributed by atoms with E-state index in [2.05, 4.69) is 21.2 Å². The molecule has 0 aliphatic heterocycles. The molecule has 94 valence electrons. The number of hydrogen-bond acceptors (Lipinski definition) is 4. The topological polar surface area (TPSA) is 68.3 Å². The number of furan rings is 1. The largest absolute Gasteiger partial charge is 0.467 e. The lowest BCUT2D eigenvalue weighted by Crippen LogP contribution is -2.05. The number of anilines is 1. The molecule has 5 nitrogen and oxygen atoms in total. The van der Waals surface area contributed by atoms with Crippen molar-refractivity contribution in [3.8, 4) is 0 Å². The SMILES string of the molecule is CC(Nc1ccc([N+](=O)[O-])c(Br)c1)c1ccco1. The van der Waals surface area contributed by atoms with Gasteiger partial charge in [0.15, 0.2) is 0 Å². The quantitative estimate of drug-likeness (QED) is 0.681. The Morgan fingerprint density at radius 1 is 1.44 bits per heavy atom. The van der Waals surface area contributed by atoms with Crippen molar-refractivity contribution in [2.24, 2.45) is 0 Å². The first-order valence-electron chi connectivity index (χ1n) is 5.32. The van der Waals surface area contributed by atoms with Crippen LogP contribution in [0.4, 0.5) is 11.4 Å². The van der Waals surface area contributed by atoms with Crippen molar-refractivity contribution in [2.75, 3.05) is 5.32 Å². The fraction of sp³-hybridized carbons (Fsp3) is 0.167. The molecular weight excluding hydrogens is 300 g/mol. The summed E-state index contributed by atoms with van der Waals surface area (Å²) >= 11 is 3.18. The molecule has 0 spiro atoms. The van der Waals surface area contributed by atoms with Crippen LogP contribution in [0.3, 0.4) is 0 Å². The Morgan fingerprint density at radius 2 is 2.22 bits per heavy atom. The second kappa shape index (κ2) is 5.22. The number of halogens is 1. The van der Waals surface area contributed by atoms with Crippen molar-refractivity contribution in [2.45, 2.75) is 13.0 Å². The maximum absolute atomic E-state index is 10.7. The number of rotatable bonds is 4. The first-order chi connectivity index (χ1) is 8.58. The highest BCUT2D eigenvalue weighted by atomic mass is 79.9. The van der Waals surface area contributed by atoms with Gasteiger partial charge in [-0.3, -0.25) is 10.1 Å². The van der Waals surface area contributed by atoms with E-state index in [1.165, 1.54) is 6.07 Å². The Kier molecular flexibility index (Phi) is 3.66. The Balaban J connectivity index is 2.15. The summed E-state index contributed by atoms with van der Waals surface area (Å²) in [4.78, 5) is 10.3. The van der Waals surface area contributed by atoms with E-state index in [1.54, 1.807) is 18.4 Å². The second-order valence-corrected chi connectivity index (χ2v) is 4.66. The van der Waals surface area contributed by atoms with Crippen LogP contribution in [0.2, 0.25) is 0 Å². The number of nitro groups is 1. The molecule has 2 aromatic rings. The number of hydrogen-bond donors (Lipinski definition) is 1. The lowest BCUT2D eigenvalue weighted by atomic mass is 10.2. The van der Waals surface area contributed by atoms with Gasteiger partial charge >= 0.3 is 0 Å². The molecule has 1 aromatic heterocycles. The first-order valence-corrected chi connectivity index (χ1v) is 6.11. The highest BCUT2D eigenvalue weighted by molar-refractivity contribution is 9.10. The van der Waals surface area contributed by atoms with E-state index in [-0.39, 0.29) is 11.7 Å². The molecule has 0 saturated carbocycles. The first kappa shape index (κ1) is 12.6. The molecule has 0 fully saturated rings. The van der Waals surface area contributed by atoms with Gasteiger partial charge in [-0.05, 0) is 47.1 Å². The molecule has 2 rings (SSSR count). The molecular formula is C12H11BrN2O3. The van der Waals surface area contributed by atoms with Crippen LogP contribution in [-0.2, 0) is 0 Å². The van der Waals surface area contributed by atoms with Crippen LogP contribution < -0.4 is 5.32 Å². The van der Waals surface area contributed by atoms with Gasteiger partial charge in [-0.1, -0.05) is 0 Å². The van der Waals surface area contributed by atoms with Gasteiger partial charge < -0.3 is 9.73 Å². The molecule has 18 heavy (non-hydrogen) atoms. The summed E-state index contributed by atoms with van der Waals surface area (Å²) in [5, 5.41) is 13.9. The summed E-state index contributed by atoms with van der Waals surface area (Å²) < 4.78 is 5.73. The second-order valence-electron chi connectivity index (χ2n) is 3.80. The molecule has 0 aliphatic rings. The predicted octanol–water partition coefficient (Wildman–Crippen LogP) is 4.12. The fourth-order valence-corrected chi connectivity index (χ4v) is 2.13. The maximum Gasteiger partial charge on any atom is 0.283 e. The lowest BCUT2D eigenvalue weighted by Gasteiger charge is -2.13. The van der Waals surface area contributed by atoms with Crippen LogP contribution in [0.25, 0.3) is 0 Å². The van der Waals surface area contributed by atoms with Crippen molar-refractivity contribution in [1.29, 1.82) is 0 Å². The smallest absolute Gasteiger partial charge is 0.283 e. The van der Waals surface area contributed by atoms with Gasteiger partial charge in [-0.25, -0.2) is 0 Å².